The Kier molecular flexibility index (Phi) is 7.06. The molecule has 0 saturated heterocycles. The van der Waals surface area contributed by atoms with Crippen LogP contribution in [0.15, 0.2) is 127 Å². The maximum Gasteiger partial charge on any atom is 0.0992 e. The number of hydrogen-bond donors (Lipinski definition) is 0. The quantitative estimate of drug-likeness (QED) is 0.189. The van der Waals surface area contributed by atoms with Gasteiger partial charge in [-0.2, -0.15) is 15.8 Å². The smallest absolute Gasteiger partial charge is 0.0992 e. The van der Waals surface area contributed by atoms with Crippen LogP contribution in [0.4, 0.5) is 0 Å². The fourth-order valence-corrected chi connectivity index (χ4v) is 8.28. The lowest BCUT2D eigenvalue weighted by atomic mass is 9.86. The monoisotopic (exact) mass is 653 g/mol. The summed E-state index contributed by atoms with van der Waals surface area (Å²) in [6.07, 6.45) is 3.31. The first kappa shape index (κ1) is 30.2. The SMILES string of the molecule is CC1CCCc2c1c1cc(C#N)ccc1n2-c1ccc(-c2cc(C#N)cc(-c3ccccc3-n3c4ccccc4c4cc(C#N)ccc43)c2)cc1. The number of nitriles is 3. The van der Waals surface area contributed by atoms with Crippen molar-refractivity contribution in [3.05, 3.63) is 155 Å². The maximum atomic E-state index is 10.2. The van der Waals surface area contributed by atoms with Gasteiger partial charge in [0.15, 0.2) is 0 Å². The summed E-state index contributed by atoms with van der Waals surface area (Å²) < 4.78 is 4.64. The van der Waals surface area contributed by atoms with Crippen molar-refractivity contribution >= 4 is 32.7 Å². The van der Waals surface area contributed by atoms with E-state index < -0.39 is 0 Å². The van der Waals surface area contributed by atoms with Gasteiger partial charge >= 0.3 is 0 Å². The summed E-state index contributed by atoms with van der Waals surface area (Å²) in [6.45, 7) is 2.30. The molecule has 0 bridgehead atoms. The number of para-hydroxylation sites is 2. The second kappa shape index (κ2) is 11.9. The topological polar surface area (TPSA) is 81.2 Å². The standard InChI is InChI=1S/C46H31N5/c1-29-7-6-12-45-46(29)40-24-31(27-48)14-20-44(40)50(45)36-17-15-33(16-18-36)34-21-32(28-49)22-35(25-34)37-8-2-4-10-41(37)51-42-11-5-3-9-38(42)39-23-30(26-47)13-19-43(39)51/h2-5,8-11,13-25,29H,6-7,12H2,1H3. The lowest BCUT2D eigenvalue weighted by Crippen LogP contribution is -2.09. The average molecular weight is 654 g/mol. The first-order chi connectivity index (χ1) is 25.1. The van der Waals surface area contributed by atoms with E-state index in [0.29, 0.717) is 22.6 Å². The Balaban J connectivity index is 1.17. The van der Waals surface area contributed by atoms with Crippen LogP contribution >= 0.6 is 0 Å². The van der Waals surface area contributed by atoms with Gasteiger partial charge in [-0.05, 0) is 126 Å². The van der Waals surface area contributed by atoms with E-state index in [1.54, 1.807) is 0 Å². The lowest BCUT2D eigenvalue weighted by molar-refractivity contribution is 0.581. The minimum Gasteiger partial charge on any atom is -0.313 e. The summed E-state index contributed by atoms with van der Waals surface area (Å²) in [6, 6.07) is 50.3. The molecule has 0 aliphatic heterocycles. The Bertz CT molecular complexity index is 2830. The Labute approximate surface area is 296 Å². The van der Waals surface area contributed by atoms with Gasteiger partial charge in [0, 0.05) is 33.1 Å². The third-order valence-electron chi connectivity index (χ3n) is 10.6. The van der Waals surface area contributed by atoms with E-state index in [-0.39, 0.29) is 0 Å². The van der Waals surface area contributed by atoms with E-state index in [9.17, 15) is 15.8 Å². The summed E-state index contributed by atoms with van der Waals surface area (Å²) in [5.74, 6) is 0.443. The largest absolute Gasteiger partial charge is 0.313 e. The van der Waals surface area contributed by atoms with Gasteiger partial charge in [0.25, 0.3) is 0 Å². The highest BCUT2D eigenvalue weighted by Crippen LogP contribution is 2.42. The zero-order valence-corrected chi connectivity index (χ0v) is 28.1. The molecule has 8 aromatic rings. The molecule has 5 nitrogen and oxygen atoms in total. The molecule has 9 rings (SSSR count). The lowest BCUT2D eigenvalue weighted by Gasteiger charge is -2.21. The zero-order valence-electron chi connectivity index (χ0n) is 28.1. The molecule has 1 aliphatic carbocycles. The van der Waals surface area contributed by atoms with Gasteiger partial charge in [0.2, 0.25) is 0 Å². The van der Waals surface area contributed by atoms with Crippen molar-refractivity contribution < 1.29 is 0 Å². The second-order valence-corrected chi connectivity index (χ2v) is 13.5. The number of fused-ring (bicyclic) bond motifs is 6. The van der Waals surface area contributed by atoms with Crippen LogP contribution in [0.3, 0.4) is 0 Å². The van der Waals surface area contributed by atoms with Gasteiger partial charge in [-0.15, -0.1) is 0 Å². The molecular formula is C46H31N5. The Morgan fingerprint density at radius 3 is 1.96 bits per heavy atom. The van der Waals surface area contributed by atoms with Crippen LogP contribution in [-0.4, -0.2) is 9.13 Å². The zero-order chi connectivity index (χ0) is 34.6. The fraction of sp³-hybridized carbons (Fsp3) is 0.109. The first-order valence-corrected chi connectivity index (χ1v) is 17.3. The van der Waals surface area contributed by atoms with E-state index in [1.807, 2.05) is 60.7 Å². The Morgan fingerprint density at radius 2 is 1.20 bits per heavy atom. The number of rotatable bonds is 4. The molecule has 0 saturated carbocycles. The molecule has 1 atom stereocenters. The third-order valence-corrected chi connectivity index (χ3v) is 10.6. The summed E-state index contributed by atoms with van der Waals surface area (Å²) in [5, 5.41) is 32.8. The summed E-state index contributed by atoms with van der Waals surface area (Å²) in [5.41, 5.74) is 13.9. The summed E-state index contributed by atoms with van der Waals surface area (Å²) >= 11 is 0. The summed E-state index contributed by atoms with van der Waals surface area (Å²) in [4.78, 5) is 0. The van der Waals surface area contributed by atoms with Crippen molar-refractivity contribution in [2.75, 3.05) is 0 Å². The molecule has 0 amide bonds. The van der Waals surface area contributed by atoms with Gasteiger partial charge in [-0.1, -0.05) is 55.5 Å². The molecular weight excluding hydrogens is 623 g/mol. The van der Waals surface area contributed by atoms with E-state index in [1.165, 1.54) is 16.6 Å². The van der Waals surface area contributed by atoms with Crippen LogP contribution in [0.25, 0.3) is 66.3 Å². The Morgan fingerprint density at radius 1 is 0.549 bits per heavy atom. The van der Waals surface area contributed by atoms with Crippen molar-refractivity contribution in [1.82, 2.24) is 9.13 Å². The number of benzene rings is 6. The van der Waals surface area contributed by atoms with Crippen LogP contribution in [0.2, 0.25) is 0 Å². The molecule has 1 aliphatic rings. The number of nitrogens with zero attached hydrogens (tertiary/aromatic N) is 5. The molecule has 1 unspecified atom stereocenters. The van der Waals surface area contributed by atoms with Gasteiger partial charge in [-0.3, -0.25) is 0 Å². The van der Waals surface area contributed by atoms with Crippen LogP contribution in [0.5, 0.6) is 0 Å². The van der Waals surface area contributed by atoms with Crippen molar-refractivity contribution in [2.24, 2.45) is 0 Å². The van der Waals surface area contributed by atoms with Crippen molar-refractivity contribution in [2.45, 2.75) is 32.1 Å². The van der Waals surface area contributed by atoms with Crippen LogP contribution in [0.1, 0.15) is 53.6 Å². The van der Waals surface area contributed by atoms with Crippen LogP contribution < -0.4 is 0 Å². The molecule has 51 heavy (non-hydrogen) atoms. The molecule has 0 N–H and O–H groups in total. The third kappa shape index (κ3) is 4.81. The minimum absolute atomic E-state index is 0.443. The molecule has 2 aromatic heterocycles. The van der Waals surface area contributed by atoms with E-state index in [4.69, 9.17) is 0 Å². The highest BCUT2D eigenvalue weighted by Gasteiger charge is 2.26. The highest BCUT2D eigenvalue weighted by molar-refractivity contribution is 6.10. The molecule has 0 radical (unpaired) electrons. The molecule has 240 valence electrons. The predicted molar refractivity (Wildman–Crippen MR) is 204 cm³/mol. The maximum absolute atomic E-state index is 10.2. The van der Waals surface area contributed by atoms with Gasteiger partial charge in [0.1, 0.15) is 0 Å². The Hall–Kier alpha value is -6.87. The molecule has 0 spiro atoms. The van der Waals surface area contributed by atoms with E-state index in [0.717, 1.165) is 80.2 Å². The van der Waals surface area contributed by atoms with Gasteiger partial charge in [0.05, 0.1) is 57.1 Å². The summed E-state index contributed by atoms with van der Waals surface area (Å²) in [7, 11) is 0. The van der Waals surface area contributed by atoms with Crippen molar-refractivity contribution in [3.8, 4) is 51.8 Å². The molecule has 0 fully saturated rings. The number of hydrogen-bond acceptors (Lipinski definition) is 3. The van der Waals surface area contributed by atoms with Crippen LogP contribution in [0, 0.1) is 34.0 Å². The highest BCUT2D eigenvalue weighted by atomic mass is 15.0. The fourth-order valence-electron chi connectivity index (χ4n) is 8.28. The first-order valence-electron chi connectivity index (χ1n) is 17.3. The molecule has 5 heteroatoms. The van der Waals surface area contributed by atoms with Crippen molar-refractivity contribution in [1.29, 1.82) is 15.8 Å². The number of aromatic nitrogens is 2. The van der Waals surface area contributed by atoms with E-state index in [2.05, 4.69) is 101 Å². The van der Waals surface area contributed by atoms with Gasteiger partial charge in [-0.25, -0.2) is 0 Å². The molecule has 2 heterocycles. The second-order valence-electron chi connectivity index (χ2n) is 13.5. The minimum atomic E-state index is 0.443. The van der Waals surface area contributed by atoms with Crippen LogP contribution in [-0.2, 0) is 6.42 Å². The normalized spacial score (nSPS) is 13.9. The average Bonchev–Trinajstić information content (AvgIpc) is 3.70. The van der Waals surface area contributed by atoms with Gasteiger partial charge < -0.3 is 9.13 Å². The molecule has 6 aromatic carbocycles. The predicted octanol–water partition coefficient (Wildman–Crippen LogP) is 11.1. The van der Waals surface area contributed by atoms with Crippen molar-refractivity contribution in [3.63, 3.8) is 0 Å². The van der Waals surface area contributed by atoms with E-state index >= 15 is 0 Å².